The van der Waals surface area contributed by atoms with Crippen molar-refractivity contribution in [2.45, 2.75) is 62.2 Å². The first kappa shape index (κ1) is 34.2. The van der Waals surface area contributed by atoms with Gasteiger partial charge in [-0.25, -0.2) is 23.7 Å². The fourth-order valence-electron chi connectivity index (χ4n) is 5.02. The molecule has 43 heavy (non-hydrogen) atoms. The fraction of sp³-hybridized carbons (Fsp3) is 0.720. The molecule has 10 atom stereocenters. The van der Waals surface area contributed by atoms with E-state index >= 15 is 0 Å². The predicted molar refractivity (Wildman–Crippen MR) is 136 cm³/mol. The van der Waals surface area contributed by atoms with Crippen LogP contribution in [0.2, 0.25) is 0 Å². The van der Waals surface area contributed by atoms with E-state index in [4.69, 9.17) is 33.2 Å². The number of nitrogens with one attached hydrogen (secondary N) is 1. The Labute approximate surface area is 243 Å². The highest BCUT2D eigenvalue weighted by Crippen LogP contribution is 2.32. The van der Waals surface area contributed by atoms with Crippen molar-refractivity contribution in [3.63, 3.8) is 0 Å². The Bertz CT molecular complexity index is 1250. The molecule has 17 nitrogen and oxygen atoms in total. The van der Waals surface area contributed by atoms with Crippen LogP contribution in [0.5, 0.6) is 0 Å². The van der Waals surface area contributed by atoms with E-state index in [2.05, 4.69) is 0 Å². The van der Waals surface area contributed by atoms with Crippen LogP contribution in [0.3, 0.4) is 0 Å². The van der Waals surface area contributed by atoms with Gasteiger partial charge in [-0.3, -0.25) is 9.78 Å². The molecular weight excluding hydrogens is 587 g/mol. The Balaban J connectivity index is 1.81. The molecule has 0 radical (unpaired) electrons. The topological polar surface area (TPSA) is 231 Å². The van der Waals surface area contributed by atoms with Gasteiger partial charge >= 0.3 is 23.7 Å². The van der Waals surface area contributed by atoms with Crippen molar-refractivity contribution in [3.05, 3.63) is 32.9 Å². The summed E-state index contributed by atoms with van der Waals surface area (Å²) in [5.41, 5.74) is -2.68. The summed E-state index contributed by atoms with van der Waals surface area (Å²) < 4.78 is 50.7. The van der Waals surface area contributed by atoms with Crippen LogP contribution in [0.4, 0.5) is 9.18 Å². The fourth-order valence-corrected chi connectivity index (χ4v) is 5.02. The number of H-pyrrole nitrogens is 1. The molecule has 18 heteroatoms. The van der Waals surface area contributed by atoms with Gasteiger partial charge in [0, 0.05) is 18.9 Å². The van der Waals surface area contributed by atoms with Gasteiger partial charge in [0.2, 0.25) is 5.82 Å². The van der Waals surface area contributed by atoms with Gasteiger partial charge in [0.25, 0.3) is 5.56 Å². The SMILES string of the molecule is CC[C@H]1C(C(=O)OC)O[C@@H](COC[C@@H]2C(C(=O)OC)O[C@H](COC)C(OC(=O)n3cc(F)c(=O)[nH]c3=O)[C@@H]2O)C(O)[C@@H]1O. The number of rotatable bonds is 10. The Kier molecular flexibility index (Phi) is 11.9. The average Bonchev–Trinajstić information content (AvgIpc) is 2.98. The number of aromatic nitrogens is 2. The molecule has 0 saturated carbocycles. The normalized spacial score (nSPS) is 32.6. The molecule has 2 aliphatic rings. The van der Waals surface area contributed by atoms with Crippen LogP contribution in [-0.2, 0) is 42.7 Å². The number of carbonyl (C=O) groups excluding carboxylic acids is 3. The summed E-state index contributed by atoms with van der Waals surface area (Å²) in [6.07, 6.45) is -12.3. The number of hydrogen-bond acceptors (Lipinski definition) is 15. The monoisotopic (exact) mass is 622 g/mol. The number of aliphatic hydroxyl groups is 3. The third-order valence-corrected chi connectivity index (χ3v) is 7.33. The van der Waals surface area contributed by atoms with Crippen molar-refractivity contribution in [2.24, 2.45) is 11.8 Å². The Morgan fingerprint density at radius 2 is 1.51 bits per heavy atom. The summed E-state index contributed by atoms with van der Waals surface area (Å²) in [7, 11) is 3.46. The van der Waals surface area contributed by atoms with E-state index in [1.54, 1.807) is 11.9 Å². The number of esters is 2. The highest BCUT2D eigenvalue weighted by molar-refractivity contribution is 5.76. The van der Waals surface area contributed by atoms with Gasteiger partial charge in [-0.15, -0.1) is 0 Å². The van der Waals surface area contributed by atoms with Gasteiger partial charge in [0.1, 0.15) is 24.4 Å². The number of nitrogens with zero attached hydrogens (tertiary/aromatic N) is 1. The lowest BCUT2D eigenvalue weighted by molar-refractivity contribution is -0.237. The van der Waals surface area contributed by atoms with E-state index in [1.807, 2.05) is 0 Å². The standard InChI is InChI=1S/C25H35FN2O15/c1-5-10-15(29)17(31)13(41-18(10)22(33)38-3)9-40-7-11-16(30)20(14(8-37-2)42-19(11)23(34)39-4)43-25(36)28-6-12(26)21(32)27-24(28)35/h6,10-11,13-20,29-31H,5,7-9H2,1-4H3,(H,27,32,35)/t10-,11+,13+,14-,15-,16-,17?,18?,19?,20?/m1/s1. The molecule has 0 amide bonds. The van der Waals surface area contributed by atoms with E-state index in [0.29, 0.717) is 12.6 Å². The van der Waals surface area contributed by atoms with Crippen LogP contribution in [-0.4, -0.2) is 133 Å². The van der Waals surface area contributed by atoms with Crippen molar-refractivity contribution < 1.29 is 67.3 Å². The molecular formula is C25H35FN2O15. The van der Waals surface area contributed by atoms with E-state index in [0.717, 1.165) is 14.2 Å². The van der Waals surface area contributed by atoms with Gasteiger partial charge in [0.15, 0.2) is 18.3 Å². The number of aliphatic hydroxyl groups excluding tert-OH is 3. The summed E-state index contributed by atoms with van der Waals surface area (Å²) in [6.45, 7) is 0.443. The molecule has 242 valence electrons. The molecule has 1 aromatic heterocycles. The van der Waals surface area contributed by atoms with E-state index in [-0.39, 0.29) is 11.2 Å². The Morgan fingerprint density at radius 1 is 0.907 bits per heavy atom. The first-order valence-corrected chi connectivity index (χ1v) is 13.2. The van der Waals surface area contributed by atoms with Crippen LogP contribution in [0.25, 0.3) is 0 Å². The van der Waals surface area contributed by atoms with Gasteiger partial charge in [-0.05, 0) is 6.42 Å². The van der Waals surface area contributed by atoms with Gasteiger partial charge in [0.05, 0.1) is 46.3 Å². The van der Waals surface area contributed by atoms with Crippen molar-refractivity contribution in [1.29, 1.82) is 0 Å². The van der Waals surface area contributed by atoms with Crippen molar-refractivity contribution in [1.82, 2.24) is 9.55 Å². The largest absolute Gasteiger partial charge is 0.467 e. The van der Waals surface area contributed by atoms with E-state index in [1.165, 1.54) is 7.11 Å². The zero-order valence-electron chi connectivity index (χ0n) is 23.7. The molecule has 3 heterocycles. The zero-order valence-corrected chi connectivity index (χ0v) is 23.7. The first-order valence-electron chi connectivity index (χ1n) is 13.2. The van der Waals surface area contributed by atoms with Gasteiger partial charge < -0.3 is 48.5 Å². The number of aromatic amines is 1. The molecule has 2 aliphatic heterocycles. The molecule has 4 N–H and O–H groups in total. The maximum Gasteiger partial charge on any atom is 0.422 e. The van der Waals surface area contributed by atoms with Crippen LogP contribution in [0.1, 0.15) is 13.3 Å². The lowest BCUT2D eigenvalue weighted by Crippen LogP contribution is -2.61. The summed E-state index contributed by atoms with van der Waals surface area (Å²) in [5.74, 6) is -5.21. The van der Waals surface area contributed by atoms with Gasteiger partial charge in [-0.1, -0.05) is 6.92 Å². The molecule has 0 aromatic carbocycles. The number of methoxy groups -OCH3 is 3. The summed E-state index contributed by atoms with van der Waals surface area (Å²) in [5, 5.41) is 32.4. The van der Waals surface area contributed by atoms with Crippen LogP contribution in [0.15, 0.2) is 15.8 Å². The van der Waals surface area contributed by atoms with Crippen LogP contribution in [0, 0.1) is 17.7 Å². The number of ether oxygens (including phenoxy) is 7. The molecule has 0 spiro atoms. The second kappa shape index (κ2) is 15.0. The predicted octanol–water partition coefficient (Wildman–Crippen LogP) is -2.70. The minimum absolute atomic E-state index is 0.125. The highest BCUT2D eigenvalue weighted by Gasteiger charge is 2.51. The molecule has 1 aromatic rings. The Morgan fingerprint density at radius 3 is 2.09 bits per heavy atom. The quantitative estimate of drug-likeness (QED) is 0.154. The third-order valence-electron chi connectivity index (χ3n) is 7.33. The van der Waals surface area contributed by atoms with Crippen LogP contribution < -0.4 is 11.2 Å². The van der Waals surface area contributed by atoms with Crippen LogP contribution >= 0.6 is 0 Å². The Hall–Kier alpha value is -3.26. The molecule has 0 bridgehead atoms. The summed E-state index contributed by atoms with van der Waals surface area (Å²) in [6, 6.07) is 0. The maximum atomic E-state index is 13.7. The molecule has 2 fully saturated rings. The molecule has 0 aliphatic carbocycles. The van der Waals surface area contributed by atoms with Crippen molar-refractivity contribution in [3.8, 4) is 0 Å². The van der Waals surface area contributed by atoms with Gasteiger partial charge in [-0.2, -0.15) is 4.39 Å². The average molecular weight is 623 g/mol. The van der Waals surface area contributed by atoms with Crippen molar-refractivity contribution in [2.75, 3.05) is 41.2 Å². The minimum atomic E-state index is -1.74. The molecule has 2 saturated heterocycles. The number of carbonyl (C=O) groups is 3. The third kappa shape index (κ3) is 7.46. The lowest BCUT2D eigenvalue weighted by atomic mass is 9.84. The second-order valence-electron chi connectivity index (χ2n) is 9.89. The second-order valence-corrected chi connectivity index (χ2v) is 9.89. The lowest BCUT2D eigenvalue weighted by Gasteiger charge is -2.43. The first-order chi connectivity index (χ1) is 20.4. The summed E-state index contributed by atoms with van der Waals surface area (Å²) >= 11 is 0. The van der Waals surface area contributed by atoms with E-state index < -0.39 is 109 Å². The number of hydrogen-bond donors (Lipinski definition) is 4. The zero-order chi connectivity index (χ0) is 32.0. The smallest absolute Gasteiger partial charge is 0.422 e. The number of halogens is 1. The minimum Gasteiger partial charge on any atom is -0.467 e. The van der Waals surface area contributed by atoms with E-state index in [9.17, 15) is 43.7 Å². The molecule has 4 unspecified atom stereocenters. The molecule has 3 rings (SSSR count). The summed E-state index contributed by atoms with van der Waals surface area (Å²) in [4.78, 5) is 62.5. The highest BCUT2D eigenvalue weighted by atomic mass is 19.1. The van der Waals surface area contributed by atoms with Crippen molar-refractivity contribution >= 4 is 18.0 Å². The maximum absolute atomic E-state index is 13.7.